The fourth-order valence-corrected chi connectivity index (χ4v) is 1.67. The van der Waals surface area contributed by atoms with Crippen LogP contribution in [0.4, 0.5) is 4.79 Å². The third kappa shape index (κ3) is 4.17. The number of likely N-dealkylation sites (tertiary alicyclic amines) is 1. The summed E-state index contributed by atoms with van der Waals surface area (Å²) in [6.07, 6.45) is 1.09. The molecule has 1 aliphatic rings. The van der Waals surface area contributed by atoms with Crippen LogP contribution in [0.3, 0.4) is 0 Å². The molecule has 0 aromatic rings. The summed E-state index contributed by atoms with van der Waals surface area (Å²) in [5.41, 5.74) is -0.565. The van der Waals surface area contributed by atoms with E-state index in [0.29, 0.717) is 25.7 Å². The number of carbonyl (C=O) groups is 3. The van der Waals surface area contributed by atoms with Crippen LogP contribution in [-0.2, 0) is 14.3 Å². The molecule has 96 valence electrons. The molecular formula is C12H19NO4. The fraction of sp³-hybridized carbons (Fsp3) is 0.750. The van der Waals surface area contributed by atoms with Gasteiger partial charge < -0.3 is 14.4 Å². The lowest BCUT2D eigenvalue weighted by Crippen LogP contribution is -2.40. The van der Waals surface area contributed by atoms with Gasteiger partial charge in [0.15, 0.2) is 0 Å². The van der Waals surface area contributed by atoms with Gasteiger partial charge in [0.2, 0.25) is 0 Å². The summed E-state index contributed by atoms with van der Waals surface area (Å²) < 4.78 is 5.22. The second kappa shape index (κ2) is 5.29. The lowest BCUT2D eigenvalue weighted by molar-refractivity contribution is -0.127. The second-order valence-corrected chi connectivity index (χ2v) is 5.24. The average Bonchev–Trinajstić information content (AvgIpc) is 2.37. The lowest BCUT2D eigenvalue weighted by Gasteiger charge is -2.26. The molecule has 0 N–H and O–H groups in total. The maximum absolute atomic E-state index is 11.8. The summed E-state index contributed by atoms with van der Waals surface area (Å²) in [5.74, 6) is -0.795. The number of nitrogens with zero attached hydrogens (tertiary/aromatic N) is 1. The maximum Gasteiger partial charge on any atom is 0.410 e. The first-order valence-electron chi connectivity index (χ1n) is 5.79. The molecule has 1 atom stereocenters. The first-order chi connectivity index (χ1) is 7.83. The highest BCUT2D eigenvalue weighted by Gasteiger charge is 2.29. The van der Waals surface area contributed by atoms with E-state index in [-0.39, 0.29) is 12.3 Å². The number of hydrogen-bond acceptors (Lipinski definition) is 4. The van der Waals surface area contributed by atoms with E-state index in [4.69, 9.17) is 4.74 Å². The molecule has 1 saturated heterocycles. The summed E-state index contributed by atoms with van der Waals surface area (Å²) in [6.45, 7) is 5.95. The summed E-state index contributed by atoms with van der Waals surface area (Å²) >= 11 is 0. The normalized spacial score (nSPS) is 21.9. The van der Waals surface area contributed by atoms with Gasteiger partial charge in [0.25, 0.3) is 0 Å². The fourth-order valence-electron chi connectivity index (χ4n) is 1.67. The molecule has 5 nitrogen and oxygen atoms in total. The molecule has 0 radical (unpaired) electrons. The van der Waals surface area contributed by atoms with Crippen molar-refractivity contribution in [2.75, 3.05) is 13.1 Å². The SMILES string of the molecule is CC(C)(C)OC(=O)N1CCCC(=O)C(C=O)C1. The van der Waals surface area contributed by atoms with Crippen LogP contribution >= 0.6 is 0 Å². The molecule has 1 rings (SSSR count). The van der Waals surface area contributed by atoms with E-state index in [1.165, 1.54) is 4.90 Å². The second-order valence-electron chi connectivity index (χ2n) is 5.24. The minimum absolute atomic E-state index is 0.0916. The van der Waals surface area contributed by atoms with E-state index in [1.54, 1.807) is 20.8 Å². The molecule has 0 aromatic carbocycles. The van der Waals surface area contributed by atoms with E-state index in [1.807, 2.05) is 0 Å². The van der Waals surface area contributed by atoms with Crippen molar-refractivity contribution in [3.05, 3.63) is 0 Å². The number of amides is 1. The van der Waals surface area contributed by atoms with Gasteiger partial charge in [0.1, 0.15) is 17.7 Å². The predicted octanol–water partition coefficient (Wildman–Crippen LogP) is 1.40. The average molecular weight is 241 g/mol. The van der Waals surface area contributed by atoms with Crippen molar-refractivity contribution in [3.8, 4) is 0 Å². The summed E-state index contributed by atoms with van der Waals surface area (Å²) in [5, 5.41) is 0. The van der Waals surface area contributed by atoms with E-state index in [2.05, 4.69) is 0 Å². The Balaban J connectivity index is 2.67. The third-order valence-electron chi connectivity index (χ3n) is 2.50. The number of carbonyl (C=O) groups excluding carboxylic acids is 3. The van der Waals surface area contributed by atoms with Gasteiger partial charge in [-0.2, -0.15) is 0 Å². The number of ketones is 1. The van der Waals surface area contributed by atoms with Crippen LogP contribution in [-0.4, -0.2) is 41.8 Å². The molecule has 0 saturated carbocycles. The van der Waals surface area contributed by atoms with Crippen molar-refractivity contribution >= 4 is 18.2 Å². The van der Waals surface area contributed by atoms with Crippen molar-refractivity contribution in [1.82, 2.24) is 4.90 Å². The Bertz CT molecular complexity index is 319. The van der Waals surface area contributed by atoms with Gasteiger partial charge >= 0.3 is 6.09 Å². The molecule has 0 aromatic heterocycles. The Labute approximate surface area is 101 Å². The Kier molecular flexibility index (Phi) is 4.26. The Morgan fingerprint density at radius 3 is 2.65 bits per heavy atom. The molecule has 1 aliphatic heterocycles. The number of hydrogen-bond donors (Lipinski definition) is 0. The van der Waals surface area contributed by atoms with Crippen LogP contribution in [0.25, 0.3) is 0 Å². The maximum atomic E-state index is 11.8. The van der Waals surface area contributed by atoms with Crippen molar-refractivity contribution in [2.45, 2.75) is 39.2 Å². The van der Waals surface area contributed by atoms with E-state index in [0.717, 1.165) is 0 Å². The van der Waals surface area contributed by atoms with E-state index >= 15 is 0 Å². The molecule has 17 heavy (non-hydrogen) atoms. The molecule has 1 heterocycles. The third-order valence-corrected chi connectivity index (χ3v) is 2.50. The van der Waals surface area contributed by atoms with Gasteiger partial charge in [0, 0.05) is 19.5 Å². The highest BCUT2D eigenvalue weighted by atomic mass is 16.6. The van der Waals surface area contributed by atoms with Gasteiger partial charge in [-0.05, 0) is 27.2 Å². The Hall–Kier alpha value is -1.39. The van der Waals surface area contributed by atoms with Crippen LogP contribution in [0.5, 0.6) is 0 Å². The largest absolute Gasteiger partial charge is 0.444 e. The van der Waals surface area contributed by atoms with Gasteiger partial charge in [-0.1, -0.05) is 0 Å². The Morgan fingerprint density at radius 2 is 2.12 bits per heavy atom. The number of aldehydes is 1. The molecule has 5 heteroatoms. The van der Waals surface area contributed by atoms with Gasteiger partial charge in [-0.25, -0.2) is 4.79 Å². The van der Waals surface area contributed by atoms with Crippen molar-refractivity contribution in [2.24, 2.45) is 5.92 Å². The van der Waals surface area contributed by atoms with Crippen LogP contribution in [0.2, 0.25) is 0 Å². The lowest BCUT2D eigenvalue weighted by atomic mass is 10.0. The monoisotopic (exact) mass is 241 g/mol. The summed E-state index contributed by atoms with van der Waals surface area (Å²) in [6, 6.07) is 0. The zero-order valence-corrected chi connectivity index (χ0v) is 10.6. The number of rotatable bonds is 1. The van der Waals surface area contributed by atoms with E-state index < -0.39 is 17.6 Å². The van der Waals surface area contributed by atoms with Gasteiger partial charge in [-0.3, -0.25) is 4.79 Å². The summed E-state index contributed by atoms with van der Waals surface area (Å²) in [4.78, 5) is 35.5. The minimum atomic E-state index is -0.704. The minimum Gasteiger partial charge on any atom is -0.444 e. The van der Waals surface area contributed by atoms with E-state index in [9.17, 15) is 14.4 Å². The van der Waals surface area contributed by atoms with Crippen molar-refractivity contribution < 1.29 is 19.1 Å². The first kappa shape index (κ1) is 13.7. The quantitative estimate of drug-likeness (QED) is 0.514. The van der Waals surface area contributed by atoms with Crippen molar-refractivity contribution in [3.63, 3.8) is 0 Å². The van der Waals surface area contributed by atoms with Crippen LogP contribution in [0.1, 0.15) is 33.6 Å². The Morgan fingerprint density at radius 1 is 1.47 bits per heavy atom. The van der Waals surface area contributed by atoms with Gasteiger partial charge in [-0.15, -0.1) is 0 Å². The topological polar surface area (TPSA) is 63.7 Å². The molecular weight excluding hydrogens is 222 g/mol. The van der Waals surface area contributed by atoms with Crippen LogP contribution < -0.4 is 0 Å². The van der Waals surface area contributed by atoms with Gasteiger partial charge in [0.05, 0.1) is 5.92 Å². The molecule has 1 amide bonds. The molecule has 1 fully saturated rings. The highest BCUT2D eigenvalue weighted by Crippen LogP contribution is 2.15. The first-order valence-corrected chi connectivity index (χ1v) is 5.79. The molecule has 0 bridgehead atoms. The number of ether oxygens (including phenoxy) is 1. The molecule has 0 aliphatic carbocycles. The summed E-state index contributed by atoms with van der Waals surface area (Å²) in [7, 11) is 0. The van der Waals surface area contributed by atoms with Crippen LogP contribution in [0, 0.1) is 5.92 Å². The standard InChI is InChI=1S/C12H19NO4/c1-12(2,3)17-11(16)13-6-4-5-10(15)9(7-13)8-14/h8-9H,4-7H2,1-3H3. The molecule has 0 spiro atoms. The smallest absolute Gasteiger partial charge is 0.410 e. The van der Waals surface area contributed by atoms with Crippen LogP contribution in [0.15, 0.2) is 0 Å². The zero-order valence-electron chi connectivity index (χ0n) is 10.6. The molecule has 1 unspecified atom stereocenters. The van der Waals surface area contributed by atoms with Crippen molar-refractivity contribution in [1.29, 1.82) is 0 Å². The highest BCUT2D eigenvalue weighted by molar-refractivity contribution is 5.94. The zero-order chi connectivity index (χ0) is 13.1. The predicted molar refractivity (Wildman–Crippen MR) is 61.6 cm³/mol. The number of Topliss-reactive ketones (excluding diaryl/α,β-unsaturated/α-hetero) is 1.